The standard InChI is InChI=1S/C16H14N6/c1-11-15(19-10-18-11)16-17-8-9-22(16)13-4-2-12(3-5-13)14-6-7-20-21-14/h2-10H,1H3,(H,18,19)(H,20,21). The van der Waals surface area contributed by atoms with E-state index < -0.39 is 0 Å². The number of hydrogen-bond acceptors (Lipinski definition) is 3. The molecule has 1 aromatic carbocycles. The maximum atomic E-state index is 4.43. The fraction of sp³-hybridized carbons (Fsp3) is 0.0625. The fourth-order valence-electron chi connectivity index (χ4n) is 2.49. The monoisotopic (exact) mass is 290 g/mol. The molecular formula is C16H14N6. The molecule has 0 saturated heterocycles. The molecule has 0 aliphatic carbocycles. The van der Waals surface area contributed by atoms with Crippen molar-refractivity contribution in [3.8, 4) is 28.5 Å². The van der Waals surface area contributed by atoms with E-state index in [4.69, 9.17) is 0 Å². The number of imidazole rings is 2. The first-order valence-electron chi connectivity index (χ1n) is 6.97. The smallest absolute Gasteiger partial charge is 0.165 e. The number of aryl methyl sites for hydroxylation is 1. The number of aromatic nitrogens is 6. The summed E-state index contributed by atoms with van der Waals surface area (Å²) < 4.78 is 2.03. The van der Waals surface area contributed by atoms with Gasteiger partial charge in [-0.05, 0) is 30.7 Å². The number of hydrogen-bond donors (Lipinski definition) is 2. The molecule has 6 nitrogen and oxygen atoms in total. The van der Waals surface area contributed by atoms with Gasteiger partial charge in [-0.1, -0.05) is 12.1 Å². The van der Waals surface area contributed by atoms with Crippen LogP contribution in [0, 0.1) is 6.92 Å². The molecule has 6 heteroatoms. The van der Waals surface area contributed by atoms with Gasteiger partial charge in [-0.25, -0.2) is 9.97 Å². The fourth-order valence-corrected chi connectivity index (χ4v) is 2.49. The van der Waals surface area contributed by atoms with Crippen LogP contribution in [0.4, 0.5) is 0 Å². The summed E-state index contributed by atoms with van der Waals surface area (Å²) in [6.07, 6.45) is 7.16. The van der Waals surface area contributed by atoms with Crippen LogP contribution in [0.1, 0.15) is 5.69 Å². The molecule has 3 heterocycles. The molecule has 2 N–H and O–H groups in total. The van der Waals surface area contributed by atoms with E-state index in [9.17, 15) is 0 Å². The minimum Gasteiger partial charge on any atom is -0.348 e. The molecule has 0 amide bonds. The zero-order valence-corrected chi connectivity index (χ0v) is 12.0. The average molecular weight is 290 g/mol. The van der Waals surface area contributed by atoms with Gasteiger partial charge in [-0.3, -0.25) is 9.67 Å². The zero-order chi connectivity index (χ0) is 14.9. The van der Waals surface area contributed by atoms with Crippen molar-refractivity contribution in [1.29, 1.82) is 0 Å². The van der Waals surface area contributed by atoms with Crippen LogP contribution in [0.15, 0.2) is 55.2 Å². The molecule has 0 radical (unpaired) electrons. The van der Waals surface area contributed by atoms with Crippen molar-refractivity contribution >= 4 is 0 Å². The topological polar surface area (TPSA) is 75.2 Å². The number of nitrogens with one attached hydrogen (secondary N) is 2. The predicted molar refractivity (Wildman–Crippen MR) is 83.5 cm³/mol. The summed E-state index contributed by atoms with van der Waals surface area (Å²) in [5.74, 6) is 0.827. The van der Waals surface area contributed by atoms with Crippen molar-refractivity contribution < 1.29 is 0 Å². The van der Waals surface area contributed by atoms with Gasteiger partial charge in [0, 0.05) is 30.0 Å². The van der Waals surface area contributed by atoms with Gasteiger partial charge < -0.3 is 4.98 Å². The maximum Gasteiger partial charge on any atom is 0.165 e. The molecule has 0 saturated carbocycles. The Morgan fingerprint density at radius 2 is 1.86 bits per heavy atom. The molecule has 0 bridgehead atoms. The van der Waals surface area contributed by atoms with Crippen molar-refractivity contribution in [3.63, 3.8) is 0 Å². The quantitative estimate of drug-likeness (QED) is 0.609. The molecule has 0 aliphatic heterocycles. The van der Waals surface area contributed by atoms with E-state index in [1.165, 1.54) is 0 Å². The number of rotatable bonds is 3. The highest BCUT2D eigenvalue weighted by molar-refractivity contribution is 5.62. The van der Waals surface area contributed by atoms with Gasteiger partial charge in [0.05, 0.1) is 12.0 Å². The van der Waals surface area contributed by atoms with E-state index in [1.807, 2.05) is 23.8 Å². The van der Waals surface area contributed by atoms with E-state index in [-0.39, 0.29) is 0 Å². The largest absolute Gasteiger partial charge is 0.348 e. The third kappa shape index (κ3) is 2.01. The molecule has 4 rings (SSSR count). The summed E-state index contributed by atoms with van der Waals surface area (Å²) in [4.78, 5) is 11.9. The van der Waals surface area contributed by atoms with Crippen LogP contribution in [-0.2, 0) is 0 Å². The zero-order valence-electron chi connectivity index (χ0n) is 12.0. The number of nitrogens with zero attached hydrogens (tertiary/aromatic N) is 4. The number of H-pyrrole nitrogens is 2. The Bertz CT molecular complexity index is 883. The van der Waals surface area contributed by atoms with Crippen molar-refractivity contribution in [3.05, 3.63) is 60.9 Å². The van der Waals surface area contributed by atoms with Gasteiger partial charge in [-0.15, -0.1) is 0 Å². The summed E-state index contributed by atoms with van der Waals surface area (Å²) in [5, 5.41) is 6.94. The van der Waals surface area contributed by atoms with Crippen LogP contribution in [0.5, 0.6) is 0 Å². The highest BCUT2D eigenvalue weighted by Gasteiger charge is 2.12. The highest BCUT2D eigenvalue weighted by Crippen LogP contribution is 2.24. The first kappa shape index (κ1) is 12.6. The van der Waals surface area contributed by atoms with Crippen LogP contribution >= 0.6 is 0 Å². The molecule has 108 valence electrons. The van der Waals surface area contributed by atoms with Crippen LogP contribution in [0.25, 0.3) is 28.5 Å². The highest BCUT2D eigenvalue weighted by atomic mass is 15.1. The Morgan fingerprint density at radius 1 is 1.00 bits per heavy atom. The van der Waals surface area contributed by atoms with E-state index in [2.05, 4.69) is 49.4 Å². The van der Waals surface area contributed by atoms with E-state index in [0.29, 0.717) is 0 Å². The van der Waals surface area contributed by atoms with Crippen LogP contribution < -0.4 is 0 Å². The summed E-state index contributed by atoms with van der Waals surface area (Å²) in [7, 11) is 0. The molecule has 0 aliphatic rings. The minimum atomic E-state index is 0.827. The van der Waals surface area contributed by atoms with Gasteiger partial charge in [-0.2, -0.15) is 5.10 Å². The van der Waals surface area contributed by atoms with Gasteiger partial charge in [0.2, 0.25) is 0 Å². The first-order chi connectivity index (χ1) is 10.8. The molecular weight excluding hydrogens is 276 g/mol. The Balaban J connectivity index is 1.75. The van der Waals surface area contributed by atoms with E-state index in [0.717, 1.165) is 34.2 Å². The van der Waals surface area contributed by atoms with Crippen molar-refractivity contribution in [1.82, 2.24) is 29.7 Å². The second-order valence-electron chi connectivity index (χ2n) is 5.01. The first-order valence-corrected chi connectivity index (χ1v) is 6.97. The average Bonchev–Trinajstić information content (AvgIpc) is 3.28. The lowest BCUT2D eigenvalue weighted by Crippen LogP contribution is -1.97. The molecule has 0 spiro atoms. The van der Waals surface area contributed by atoms with Gasteiger partial charge in [0.1, 0.15) is 5.69 Å². The normalized spacial score (nSPS) is 11.0. The van der Waals surface area contributed by atoms with Crippen LogP contribution in [-0.4, -0.2) is 29.7 Å². The van der Waals surface area contributed by atoms with Gasteiger partial charge >= 0.3 is 0 Å². The Morgan fingerprint density at radius 3 is 2.55 bits per heavy atom. The lowest BCUT2D eigenvalue weighted by Gasteiger charge is -2.08. The predicted octanol–water partition coefficient (Wildman–Crippen LogP) is 2.96. The third-order valence-corrected chi connectivity index (χ3v) is 3.64. The second-order valence-corrected chi connectivity index (χ2v) is 5.01. The van der Waals surface area contributed by atoms with E-state index in [1.54, 1.807) is 18.7 Å². The SMILES string of the molecule is Cc1[nH]cnc1-c1nccn1-c1ccc(-c2ccn[nH]2)cc1. The van der Waals surface area contributed by atoms with E-state index >= 15 is 0 Å². The molecule has 4 aromatic rings. The van der Waals surface area contributed by atoms with Gasteiger partial charge in [0.15, 0.2) is 5.82 Å². The van der Waals surface area contributed by atoms with Crippen molar-refractivity contribution in [2.45, 2.75) is 6.92 Å². The summed E-state index contributed by atoms with van der Waals surface area (Å²) in [5.41, 5.74) is 5.00. The van der Waals surface area contributed by atoms with Crippen molar-refractivity contribution in [2.24, 2.45) is 0 Å². The molecule has 22 heavy (non-hydrogen) atoms. The third-order valence-electron chi connectivity index (χ3n) is 3.64. The number of aromatic amines is 2. The number of benzene rings is 1. The van der Waals surface area contributed by atoms with Crippen LogP contribution in [0.2, 0.25) is 0 Å². The summed E-state index contributed by atoms with van der Waals surface area (Å²) in [6.45, 7) is 1.99. The Labute approximate surface area is 126 Å². The van der Waals surface area contributed by atoms with Gasteiger partial charge in [0.25, 0.3) is 0 Å². The Hall–Kier alpha value is -3.15. The lowest BCUT2D eigenvalue weighted by molar-refractivity contribution is 1.05. The molecule has 3 aromatic heterocycles. The molecule has 0 unspecified atom stereocenters. The van der Waals surface area contributed by atoms with Crippen LogP contribution in [0.3, 0.4) is 0 Å². The molecule has 0 fully saturated rings. The maximum absolute atomic E-state index is 4.43. The summed E-state index contributed by atoms with van der Waals surface area (Å²) >= 11 is 0. The minimum absolute atomic E-state index is 0.827. The molecule has 0 atom stereocenters. The Kier molecular flexibility index (Phi) is 2.86. The lowest BCUT2D eigenvalue weighted by atomic mass is 10.1. The second kappa shape index (κ2) is 5.00. The summed E-state index contributed by atoms with van der Waals surface area (Å²) in [6, 6.07) is 10.2. The van der Waals surface area contributed by atoms with Crippen molar-refractivity contribution in [2.75, 3.05) is 0 Å².